The summed E-state index contributed by atoms with van der Waals surface area (Å²) in [6.45, 7) is 2.01. The summed E-state index contributed by atoms with van der Waals surface area (Å²) in [7, 11) is 0. The quantitative estimate of drug-likeness (QED) is 0.400. The molecule has 2 aliphatic heterocycles. The molecule has 2 heterocycles. The molecule has 0 radical (unpaired) electrons. The van der Waals surface area contributed by atoms with Crippen molar-refractivity contribution in [1.29, 1.82) is 0 Å². The minimum Gasteiger partial charge on any atom is -0.349 e. The molecule has 3 atom stereocenters. The maximum absolute atomic E-state index is 13.9. The van der Waals surface area contributed by atoms with Gasteiger partial charge in [0.15, 0.2) is 0 Å². The first kappa shape index (κ1) is 21.9. The minimum absolute atomic E-state index is 0.207. The smallest absolute Gasteiger partial charge is 0.241 e. The second kappa shape index (κ2) is 7.70. The topological polar surface area (TPSA) is 80.8 Å². The molecule has 2 amide bonds. The Hall–Kier alpha value is -3.61. The maximum Gasteiger partial charge on any atom is 0.241 e. The summed E-state index contributed by atoms with van der Waals surface area (Å²) in [5.74, 6) is -4.54. The van der Waals surface area contributed by atoms with E-state index in [1.807, 2.05) is 19.1 Å². The first-order chi connectivity index (χ1) is 16.9. The number of aryl methyl sites for hydroxylation is 1. The van der Waals surface area contributed by atoms with Crippen LogP contribution in [0.2, 0.25) is 5.02 Å². The van der Waals surface area contributed by atoms with Gasteiger partial charge in [-0.05, 0) is 41.8 Å². The number of Topliss-reactive ketones (excluding diaryl/α,β-unsaturated/α-hetero) is 2. The van der Waals surface area contributed by atoms with Gasteiger partial charge in [-0.25, -0.2) is 4.90 Å². The van der Waals surface area contributed by atoms with Gasteiger partial charge in [-0.2, -0.15) is 0 Å². The van der Waals surface area contributed by atoms with E-state index in [0.29, 0.717) is 16.3 Å². The zero-order valence-electron chi connectivity index (χ0n) is 18.7. The van der Waals surface area contributed by atoms with Crippen molar-refractivity contribution < 1.29 is 23.9 Å². The van der Waals surface area contributed by atoms with Crippen molar-refractivity contribution in [2.45, 2.75) is 25.0 Å². The van der Waals surface area contributed by atoms with Gasteiger partial charge in [0.1, 0.15) is 0 Å². The highest BCUT2D eigenvalue weighted by atomic mass is 35.5. The fraction of sp³-hybridized carbons (Fsp3) is 0.214. The van der Waals surface area contributed by atoms with Crippen LogP contribution < -0.4 is 4.90 Å². The molecule has 2 fully saturated rings. The lowest BCUT2D eigenvalue weighted by atomic mass is 9.77. The third-order valence-electron chi connectivity index (χ3n) is 7.32. The number of imide groups is 1. The van der Waals surface area contributed by atoms with E-state index in [-0.39, 0.29) is 11.1 Å². The molecule has 0 bridgehead atoms. The molecule has 6 rings (SSSR count). The van der Waals surface area contributed by atoms with Crippen LogP contribution in [-0.4, -0.2) is 29.0 Å². The zero-order chi connectivity index (χ0) is 24.5. The number of rotatable bonds is 3. The number of hydrogen-bond donors (Lipinski definition) is 0. The van der Waals surface area contributed by atoms with Crippen LogP contribution in [0.1, 0.15) is 44.9 Å². The highest BCUT2D eigenvalue weighted by Gasteiger charge is 2.74. The van der Waals surface area contributed by atoms with Crippen molar-refractivity contribution in [2.75, 3.05) is 4.90 Å². The predicted octanol–water partition coefficient (Wildman–Crippen LogP) is 4.60. The Bertz CT molecular complexity index is 1380. The highest BCUT2D eigenvalue weighted by molar-refractivity contribution is 6.37. The molecule has 2 saturated heterocycles. The lowest BCUT2D eigenvalue weighted by Gasteiger charge is -2.27. The van der Waals surface area contributed by atoms with Gasteiger partial charge in [0, 0.05) is 16.1 Å². The third kappa shape index (κ3) is 2.87. The SMILES string of the molecule is CCc1ccc(N2C(=O)C3C(c4ccc(Cl)cc4)OC4(C(=O)c5ccccc5C4=O)C3C2=O)cc1. The molecule has 1 spiro atoms. The molecule has 35 heavy (non-hydrogen) atoms. The number of anilines is 1. The number of hydrogen-bond acceptors (Lipinski definition) is 5. The second-order valence-corrected chi connectivity index (χ2v) is 9.50. The summed E-state index contributed by atoms with van der Waals surface area (Å²) in [5, 5.41) is 0.491. The average molecular weight is 486 g/mol. The van der Waals surface area contributed by atoms with Crippen LogP contribution in [0.15, 0.2) is 72.8 Å². The predicted molar refractivity (Wildman–Crippen MR) is 128 cm³/mol. The van der Waals surface area contributed by atoms with Gasteiger partial charge >= 0.3 is 0 Å². The van der Waals surface area contributed by atoms with Gasteiger partial charge in [-0.3, -0.25) is 19.2 Å². The summed E-state index contributed by atoms with van der Waals surface area (Å²) in [4.78, 5) is 56.3. The van der Waals surface area contributed by atoms with Crippen LogP contribution in [0.4, 0.5) is 5.69 Å². The number of ketones is 2. The summed E-state index contributed by atoms with van der Waals surface area (Å²) in [6.07, 6.45) is -0.152. The standard InChI is InChI=1S/C28H20ClNO5/c1-2-15-7-13-18(14-8-15)30-26(33)21-22(27(30)34)28(35-23(21)16-9-11-17(29)12-10-16)24(31)19-5-3-4-6-20(19)25(28)32/h3-14,21-23H,2H2,1H3. The second-order valence-electron chi connectivity index (χ2n) is 9.06. The number of halogens is 1. The number of nitrogens with zero attached hydrogens (tertiary/aromatic N) is 1. The van der Waals surface area contributed by atoms with E-state index < -0.39 is 46.9 Å². The molecule has 3 aliphatic rings. The Morgan fingerprint density at radius 3 is 2.00 bits per heavy atom. The zero-order valence-corrected chi connectivity index (χ0v) is 19.5. The molecule has 0 N–H and O–H groups in total. The van der Waals surface area contributed by atoms with Crippen molar-refractivity contribution in [1.82, 2.24) is 0 Å². The lowest BCUT2D eigenvalue weighted by molar-refractivity contribution is -0.127. The van der Waals surface area contributed by atoms with Gasteiger partial charge in [0.25, 0.3) is 0 Å². The Labute approximate surface area is 206 Å². The molecule has 3 unspecified atom stereocenters. The van der Waals surface area contributed by atoms with Crippen molar-refractivity contribution in [2.24, 2.45) is 11.8 Å². The first-order valence-electron chi connectivity index (χ1n) is 11.5. The van der Waals surface area contributed by atoms with E-state index >= 15 is 0 Å². The fourth-order valence-electron chi connectivity index (χ4n) is 5.61. The van der Waals surface area contributed by atoms with E-state index in [1.54, 1.807) is 60.7 Å². The van der Waals surface area contributed by atoms with E-state index in [2.05, 4.69) is 0 Å². The van der Waals surface area contributed by atoms with Crippen LogP contribution in [-0.2, 0) is 20.7 Å². The molecule has 0 saturated carbocycles. The normalized spacial score (nSPS) is 24.4. The van der Waals surface area contributed by atoms with Crippen molar-refractivity contribution >= 4 is 40.7 Å². The molecule has 1 aliphatic carbocycles. The third-order valence-corrected chi connectivity index (χ3v) is 7.57. The molecule has 3 aromatic carbocycles. The number of fused-ring (bicyclic) bond motifs is 3. The van der Waals surface area contributed by atoms with E-state index in [9.17, 15) is 19.2 Å². The Balaban J connectivity index is 1.52. The fourth-order valence-corrected chi connectivity index (χ4v) is 5.73. The highest BCUT2D eigenvalue weighted by Crippen LogP contribution is 2.57. The van der Waals surface area contributed by atoms with Crippen LogP contribution in [0.5, 0.6) is 0 Å². The molecule has 0 aromatic heterocycles. The van der Waals surface area contributed by atoms with Gasteiger partial charge in [-0.15, -0.1) is 0 Å². The molecule has 3 aromatic rings. The largest absolute Gasteiger partial charge is 0.349 e. The summed E-state index contributed by atoms with van der Waals surface area (Å²) in [6, 6.07) is 20.3. The van der Waals surface area contributed by atoms with Crippen molar-refractivity contribution in [3.63, 3.8) is 0 Å². The Kier molecular flexibility index (Phi) is 4.82. The van der Waals surface area contributed by atoms with Crippen molar-refractivity contribution in [3.8, 4) is 0 Å². The van der Waals surface area contributed by atoms with Gasteiger partial charge in [-0.1, -0.05) is 67.1 Å². The molecule has 7 heteroatoms. The number of carbonyl (C=O) groups excluding carboxylic acids is 4. The van der Waals surface area contributed by atoms with Crippen LogP contribution in [0.3, 0.4) is 0 Å². The molecular formula is C28H20ClNO5. The van der Waals surface area contributed by atoms with Crippen LogP contribution >= 0.6 is 11.6 Å². The maximum atomic E-state index is 13.9. The molecular weight excluding hydrogens is 466 g/mol. The first-order valence-corrected chi connectivity index (χ1v) is 11.8. The number of benzene rings is 3. The number of amides is 2. The summed E-state index contributed by atoms with van der Waals surface area (Å²) in [5.41, 5.74) is 0.374. The average Bonchev–Trinajstić information content (AvgIpc) is 3.44. The van der Waals surface area contributed by atoms with E-state index in [0.717, 1.165) is 16.9 Å². The minimum atomic E-state index is -2.08. The van der Waals surface area contributed by atoms with E-state index in [1.165, 1.54) is 0 Å². The summed E-state index contributed by atoms with van der Waals surface area (Å²) < 4.78 is 6.26. The van der Waals surface area contributed by atoms with Crippen molar-refractivity contribution in [3.05, 3.63) is 100 Å². The number of ether oxygens (including phenoxy) is 1. The van der Waals surface area contributed by atoms with Gasteiger partial charge < -0.3 is 4.74 Å². The summed E-state index contributed by atoms with van der Waals surface area (Å²) >= 11 is 6.06. The lowest BCUT2D eigenvalue weighted by Crippen LogP contribution is -2.51. The van der Waals surface area contributed by atoms with Gasteiger partial charge in [0.05, 0.1) is 23.6 Å². The van der Waals surface area contributed by atoms with Crippen LogP contribution in [0.25, 0.3) is 0 Å². The van der Waals surface area contributed by atoms with Gasteiger partial charge in [0.2, 0.25) is 29.0 Å². The monoisotopic (exact) mass is 485 g/mol. The molecule has 174 valence electrons. The number of carbonyl (C=O) groups is 4. The van der Waals surface area contributed by atoms with E-state index in [4.69, 9.17) is 16.3 Å². The Morgan fingerprint density at radius 2 is 1.43 bits per heavy atom. The van der Waals surface area contributed by atoms with Crippen LogP contribution in [0, 0.1) is 11.8 Å². The Morgan fingerprint density at radius 1 is 0.829 bits per heavy atom. The molecule has 6 nitrogen and oxygen atoms in total.